The highest BCUT2D eigenvalue weighted by molar-refractivity contribution is 5.43. The fourth-order valence-corrected chi connectivity index (χ4v) is 2.16. The Balaban J connectivity index is 2.42. The van der Waals surface area contributed by atoms with E-state index in [-0.39, 0.29) is 0 Å². The molecule has 0 atom stereocenters. The van der Waals surface area contributed by atoms with Crippen molar-refractivity contribution in [2.24, 2.45) is 0 Å². The van der Waals surface area contributed by atoms with Gasteiger partial charge in [0.25, 0.3) is 0 Å². The van der Waals surface area contributed by atoms with Crippen LogP contribution in [0.5, 0.6) is 5.75 Å². The van der Waals surface area contributed by atoms with Crippen LogP contribution in [-0.4, -0.2) is 20.2 Å². The lowest BCUT2D eigenvalue weighted by atomic mass is 10.0. The number of methoxy groups -OCH3 is 1. The molecule has 0 bridgehead atoms. The Morgan fingerprint density at radius 1 is 1.22 bits per heavy atom. The molecule has 0 heterocycles. The molecular weight excluding hydrogens is 224 g/mol. The molecule has 3 heteroatoms. The number of nitrogens with one attached hydrogen (secondary N) is 1. The fourth-order valence-electron chi connectivity index (χ4n) is 2.16. The Hall–Kier alpha value is -1.53. The third-order valence-corrected chi connectivity index (χ3v) is 2.96. The van der Waals surface area contributed by atoms with E-state index in [1.54, 1.807) is 7.11 Å². The van der Waals surface area contributed by atoms with Crippen molar-refractivity contribution in [3.8, 4) is 11.8 Å². The van der Waals surface area contributed by atoms with Crippen molar-refractivity contribution in [2.75, 3.05) is 20.2 Å². The molecule has 3 nitrogen and oxygen atoms in total. The van der Waals surface area contributed by atoms with Crippen LogP contribution in [0.1, 0.15) is 29.5 Å². The minimum absolute atomic E-state index is 0.633. The maximum absolute atomic E-state index is 8.42. The molecule has 0 fully saturated rings. The number of hydrogen-bond donors (Lipinski definition) is 1. The van der Waals surface area contributed by atoms with Crippen LogP contribution in [0.4, 0.5) is 0 Å². The molecule has 98 valence electrons. The van der Waals surface area contributed by atoms with E-state index in [1.165, 1.54) is 16.7 Å². The number of aryl methyl sites for hydroxylation is 2. The Labute approximate surface area is 110 Å². The summed E-state index contributed by atoms with van der Waals surface area (Å²) in [5.41, 5.74) is 3.72. The molecule has 1 aromatic carbocycles. The van der Waals surface area contributed by atoms with Crippen LogP contribution in [0, 0.1) is 25.2 Å². The quantitative estimate of drug-likeness (QED) is 0.752. The monoisotopic (exact) mass is 246 g/mol. The maximum atomic E-state index is 8.42. The second-order valence-corrected chi connectivity index (χ2v) is 4.52. The highest BCUT2D eigenvalue weighted by atomic mass is 16.5. The summed E-state index contributed by atoms with van der Waals surface area (Å²) in [5.74, 6) is 0.987. The maximum Gasteiger partial charge on any atom is 0.124 e. The molecule has 0 saturated heterocycles. The van der Waals surface area contributed by atoms with Gasteiger partial charge in [0, 0.05) is 6.42 Å². The summed E-state index contributed by atoms with van der Waals surface area (Å²) in [4.78, 5) is 0. The molecule has 0 aliphatic rings. The lowest BCUT2D eigenvalue weighted by molar-refractivity contribution is 0.408. The summed E-state index contributed by atoms with van der Waals surface area (Å²) in [6, 6.07) is 6.52. The van der Waals surface area contributed by atoms with Crippen LogP contribution in [0.3, 0.4) is 0 Å². The number of hydrogen-bond acceptors (Lipinski definition) is 3. The number of rotatable bonds is 7. The Bertz CT molecular complexity index is 398. The number of benzene rings is 1. The zero-order valence-electron chi connectivity index (χ0n) is 11.5. The van der Waals surface area contributed by atoms with Gasteiger partial charge >= 0.3 is 0 Å². The molecule has 0 saturated carbocycles. The largest absolute Gasteiger partial charge is 0.496 e. The van der Waals surface area contributed by atoms with Gasteiger partial charge in [0.05, 0.1) is 13.2 Å². The molecular formula is C15H22N2O. The summed E-state index contributed by atoms with van der Waals surface area (Å²) in [6.07, 6.45) is 2.57. The first-order valence-corrected chi connectivity index (χ1v) is 6.40. The van der Waals surface area contributed by atoms with E-state index in [4.69, 9.17) is 10.00 Å². The zero-order chi connectivity index (χ0) is 13.4. The SMILES string of the molecule is COc1c(C)cc(CCNCCCC#N)cc1C. The molecule has 0 spiro atoms. The number of unbranched alkanes of at least 4 members (excludes halogenated alkanes) is 1. The molecule has 18 heavy (non-hydrogen) atoms. The molecule has 0 unspecified atom stereocenters. The van der Waals surface area contributed by atoms with Gasteiger partial charge < -0.3 is 10.1 Å². The summed E-state index contributed by atoms with van der Waals surface area (Å²) in [7, 11) is 1.71. The van der Waals surface area contributed by atoms with Crippen molar-refractivity contribution >= 4 is 0 Å². The minimum atomic E-state index is 0.633. The second kappa shape index (κ2) is 7.73. The standard InChI is InChI=1S/C15H22N2O/c1-12-10-14(11-13(2)15(12)18-3)6-9-17-8-5-4-7-16/h10-11,17H,4-6,8-9H2,1-3H3. The molecule has 0 aliphatic carbocycles. The Morgan fingerprint density at radius 3 is 2.44 bits per heavy atom. The van der Waals surface area contributed by atoms with E-state index in [0.717, 1.165) is 31.7 Å². The minimum Gasteiger partial charge on any atom is -0.496 e. The van der Waals surface area contributed by atoms with E-state index in [9.17, 15) is 0 Å². The third-order valence-electron chi connectivity index (χ3n) is 2.96. The van der Waals surface area contributed by atoms with E-state index in [2.05, 4.69) is 37.4 Å². The normalized spacial score (nSPS) is 10.1. The van der Waals surface area contributed by atoms with Crippen molar-refractivity contribution in [3.63, 3.8) is 0 Å². The molecule has 0 aliphatic heterocycles. The highest BCUT2D eigenvalue weighted by Gasteiger charge is 2.04. The topological polar surface area (TPSA) is 45.0 Å². The van der Waals surface area contributed by atoms with E-state index in [1.807, 2.05) is 0 Å². The predicted molar refractivity (Wildman–Crippen MR) is 73.9 cm³/mol. The van der Waals surface area contributed by atoms with Crippen molar-refractivity contribution in [1.29, 1.82) is 5.26 Å². The van der Waals surface area contributed by atoms with Gasteiger partial charge in [-0.25, -0.2) is 0 Å². The first-order valence-electron chi connectivity index (χ1n) is 6.40. The Morgan fingerprint density at radius 2 is 1.89 bits per heavy atom. The molecule has 0 radical (unpaired) electrons. The van der Waals surface area contributed by atoms with Gasteiger partial charge in [-0.1, -0.05) is 12.1 Å². The number of nitriles is 1. The predicted octanol–water partition coefficient (Wildman–Crippen LogP) is 2.75. The average Bonchev–Trinajstić information content (AvgIpc) is 2.33. The molecule has 1 rings (SSSR count). The summed E-state index contributed by atoms with van der Waals surface area (Å²) in [6.45, 7) is 6.03. The smallest absolute Gasteiger partial charge is 0.124 e. The van der Waals surface area contributed by atoms with Gasteiger partial charge in [0.2, 0.25) is 0 Å². The van der Waals surface area contributed by atoms with Gasteiger partial charge in [-0.2, -0.15) is 5.26 Å². The summed E-state index contributed by atoms with van der Waals surface area (Å²) in [5, 5.41) is 11.8. The fraction of sp³-hybridized carbons (Fsp3) is 0.533. The van der Waals surface area contributed by atoms with Gasteiger partial charge in [0.1, 0.15) is 5.75 Å². The molecule has 1 aromatic rings. The van der Waals surface area contributed by atoms with Crippen molar-refractivity contribution in [2.45, 2.75) is 33.1 Å². The molecule has 0 aromatic heterocycles. The Kier molecular flexibility index (Phi) is 6.24. The third kappa shape index (κ3) is 4.38. The molecule has 0 amide bonds. The number of ether oxygens (including phenoxy) is 1. The van der Waals surface area contributed by atoms with Gasteiger partial charge in [-0.15, -0.1) is 0 Å². The molecule has 1 N–H and O–H groups in total. The van der Waals surface area contributed by atoms with Crippen LogP contribution < -0.4 is 10.1 Å². The zero-order valence-corrected chi connectivity index (χ0v) is 11.5. The van der Waals surface area contributed by atoms with Gasteiger partial charge in [-0.05, 0) is 56.5 Å². The van der Waals surface area contributed by atoms with Crippen LogP contribution in [0.25, 0.3) is 0 Å². The first kappa shape index (κ1) is 14.5. The lowest BCUT2D eigenvalue weighted by Gasteiger charge is -2.11. The van der Waals surface area contributed by atoms with Crippen molar-refractivity contribution < 1.29 is 4.74 Å². The van der Waals surface area contributed by atoms with Gasteiger partial charge in [-0.3, -0.25) is 0 Å². The van der Waals surface area contributed by atoms with Crippen LogP contribution >= 0.6 is 0 Å². The van der Waals surface area contributed by atoms with Crippen LogP contribution in [0.15, 0.2) is 12.1 Å². The van der Waals surface area contributed by atoms with E-state index >= 15 is 0 Å². The van der Waals surface area contributed by atoms with E-state index in [0.29, 0.717) is 6.42 Å². The summed E-state index contributed by atoms with van der Waals surface area (Å²) < 4.78 is 5.35. The van der Waals surface area contributed by atoms with Crippen LogP contribution in [-0.2, 0) is 6.42 Å². The van der Waals surface area contributed by atoms with Gasteiger partial charge in [0.15, 0.2) is 0 Å². The van der Waals surface area contributed by atoms with Crippen molar-refractivity contribution in [1.82, 2.24) is 5.32 Å². The average molecular weight is 246 g/mol. The number of nitrogens with zero attached hydrogens (tertiary/aromatic N) is 1. The van der Waals surface area contributed by atoms with Crippen molar-refractivity contribution in [3.05, 3.63) is 28.8 Å². The van der Waals surface area contributed by atoms with Crippen LogP contribution in [0.2, 0.25) is 0 Å². The second-order valence-electron chi connectivity index (χ2n) is 4.52. The van der Waals surface area contributed by atoms with E-state index < -0.39 is 0 Å². The summed E-state index contributed by atoms with van der Waals surface area (Å²) >= 11 is 0. The first-order chi connectivity index (χ1) is 8.69. The highest BCUT2D eigenvalue weighted by Crippen LogP contribution is 2.24. The lowest BCUT2D eigenvalue weighted by Crippen LogP contribution is -2.18.